The Balaban J connectivity index is 2.04. The topological polar surface area (TPSA) is 85.6 Å². The van der Waals surface area contributed by atoms with Gasteiger partial charge in [0.15, 0.2) is 5.60 Å². The van der Waals surface area contributed by atoms with Gasteiger partial charge in [-0.05, 0) is 49.4 Å². The summed E-state index contributed by atoms with van der Waals surface area (Å²) in [5.41, 5.74) is -3.15. The third-order valence-electron chi connectivity index (χ3n) is 4.62. The lowest BCUT2D eigenvalue weighted by Gasteiger charge is -2.24. The van der Waals surface area contributed by atoms with Crippen molar-refractivity contribution in [3.05, 3.63) is 53.6 Å². The van der Waals surface area contributed by atoms with Crippen molar-refractivity contribution in [2.45, 2.75) is 18.7 Å². The summed E-state index contributed by atoms with van der Waals surface area (Å²) in [6.07, 6.45) is -4.77. The van der Waals surface area contributed by atoms with Gasteiger partial charge in [0.2, 0.25) is 0 Å². The fraction of sp³-hybridized carbons (Fsp3) is 0.364. The lowest BCUT2D eigenvalue weighted by molar-refractivity contribution is -0.138. The number of carbonyl (C=O) groups is 1. The highest BCUT2D eigenvalue weighted by atomic mass is 35.5. The van der Waals surface area contributed by atoms with Crippen LogP contribution in [0.3, 0.4) is 0 Å². The van der Waals surface area contributed by atoms with E-state index in [-0.39, 0.29) is 5.69 Å². The Morgan fingerprint density at radius 2 is 1.76 bits per heavy atom. The van der Waals surface area contributed by atoms with E-state index in [1.54, 1.807) is 24.3 Å². The fourth-order valence-electron chi connectivity index (χ4n) is 2.84. The molecule has 0 bridgehead atoms. The van der Waals surface area contributed by atoms with Crippen molar-refractivity contribution >= 4 is 40.5 Å². The molecule has 11 heteroatoms. The lowest BCUT2D eigenvalue weighted by atomic mass is 10.1. The minimum atomic E-state index is -4.77. The fourth-order valence-corrected chi connectivity index (χ4v) is 3.24. The first-order valence-electron chi connectivity index (χ1n) is 9.76. The van der Waals surface area contributed by atoms with E-state index in [1.807, 2.05) is 4.90 Å². The van der Waals surface area contributed by atoms with Crippen LogP contribution in [0.1, 0.15) is 18.1 Å². The average molecular weight is 504 g/mol. The highest BCUT2D eigenvalue weighted by Gasteiger charge is 2.35. The molecular formula is C22H22Cl2F3N3O3. The molecule has 6 nitrogen and oxygen atoms in total. The lowest BCUT2D eigenvalue weighted by Crippen LogP contribution is -2.45. The number of ether oxygens (including phenoxy) is 1. The maximum Gasteiger partial charge on any atom is 0.417 e. The highest BCUT2D eigenvalue weighted by molar-refractivity contribution is 6.18. The number of nitriles is 1. The number of nitrogens with one attached hydrogen (secondary N) is 1. The third kappa shape index (κ3) is 7.42. The molecule has 0 heterocycles. The summed E-state index contributed by atoms with van der Waals surface area (Å²) in [6, 6.07) is 11.0. The van der Waals surface area contributed by atoms with Crippen molar-refractivity contribution in [1.82, 2.24) is 0 Å². The van der Waals surface area contributed by atoms with Gasteiger partial charge in [0.05, 0.1) is 17.2 Å². The molecule has 0 saturated heterocycles. The second-order valence-corrected chi connectivity index (χ2v) is 8.00. The van der Waals surface area contributed by atoms with Gasteiger partial charge in [-0.3, -0.25) is 4.79 Å². The Bertz CT molecular complexity index is 987. The van der Waals surface area contributed by atoms with E-state index in [0.717, 1.165) is 17.8 Å². The zero-order valence-electron chi connectivity index (χ0n) is 17.6. The molecule has 0 spiro atoms. The summed E-state index contributed by atoms with van der Waals surface area (Å²) in [5, 5.41) is 21.5. The van der Waals surface area contributed by atoms with Crippen LogP contribution >= 0.6 is 23.2 Å². The molecule has 33 heavy (non-hydrogen) atoms. The molecule has 0 radical (unpaired) electrons. The summed E-state index contributed by atoms with van der Waals surface area (Å²) in [7, 11) is 0. The van der Waals surface area contributed by atoms with Crippen LogP contribution in [0.4, 0.5) is 24.5 Å². The van der Waals surface area contributed by atoms with E-state index in [4.69, 9.17) is 33.2 Å². The van der Waals surface area contributed by atoms with Crippen LogP contribution in [0.25, 0.3) is 0 Å². The van der Waals surface area contributed by atoms with Gasteiger partial charge in [-0.15, -0.1) is 23.2 Å². The van der Waals surface area contributed by atoms with Crippen LogP contribution in [0.15, 0.2) is 42.5 Å². The third-order valence-corrected chi connectivity index (χ3v) is 4.96. The second kappa shape index (κ2) is 11.5. The zero-order chi connectivity index (χ0) is 24.6. The van der Waals surface area contributed by atoms with Crippen LogP contribution < -0.4 is 15.0 Å². The van der Waals surface area contributed by atoms with Gasteiger partial charge in [-0.25, -0.2) is 0 Å². The summed E-state index contributed by atoms with van der Waals surface area (Å²) >= 11 is 11.6. The largest absolute Gasteiger partial charge is 0.490 e. The number of rotatable bonds is 10. The number of hydrogen-bond acceptors (Lipinski definition) is 5. The van der Waals surface area contributed by atoms with E-state index in [1.165, 1.54) is 13.0 Å². The van der Waals surface area contributed by atoms with Crippen molar-refractivity contribution in [2.24, 2.45) is 0 Å². The van der Waals surface area contributed by atoms with Crippen LogP contribution in [0.2, 0.25) is 0 Å². The molecular weight excluding hydrogens is 482 g/mol. The molecule has 2 aromatic rings. The van der Waals surface area contributed by atoms with E-state index < -0.39 is 35.4 Å². The predicted molar refractivity (Wildman–Crippen MR) is 121 cm³/mol. The summed E-state index contributed by atoms with van der Waals surface area (Å²) in [4.78, 5) is 14.4. The standard InChI is InChI=1S/C22H22Cl2F3N3O3/c1-21(32,14-33-18-6-4-17(5-7-18)30(10-8-23)11-9-24)20(31)29-16-3-2-15(13-28)19(12-16)22(25,26)27/h2-7,12,32H,8-11,14H2,1H3,(H,29,31)/t21-/m0/s1. The molecule has 0 aromatic heterocycles. The Hall–Kier alpha value is -2.67. The maximum atomic E-state index is 13.1. The Kier molecular flexibility index (Phi) is 9.23. The van der Waals surface area contributed by atoms with Crippen LogP contribution in [0, 0.1) is 11.3 Å². The molecule has 0 unspecified atom stereocenters. The van der Waals surface area contributed by atoms with Crippen LogP contribution in [-0.2, 0) is 11.0 Å². The molecule has 0 aliphatic carbocycles. The van der Waals surface area contributed by atoms with E-state index >= 15 is 0 Å². The number of carbonyl (C=O) groups excluding carboxylic acids is 1. The second-order valence-electron chi connectivity index (χ2n) is 7.25. The van der Waals surface area contributed by atoms with Crippen molar-refractivity contribution in [3.8, 4) is 11.8 Å². The van der Waals surface area contributed by atoms with E-state index in [9.17, 15) is 23.1 Å². The van der Waals surface area contributed by atoms with Gasteiger partial charge >= 0.3 is 6.18 Å². The molecule has 178 valence electrons. The number of halogens is 5. The summed E-state index contributed by atoms with van der Waals surface area (Å²) in [5.74, 6) is 0.266. The molecule has 2 aromatic carbocycles. The summed E-state index contributed by atoms with van der Waals surface area (Å²) < 4.78 is 44.8. The molecule has 0 saturated carbocycles. The normalized spacial score (nSPS) is 13.0. The quantitative estimate of drug-likeness (QED) is 0.461. The smallest absolute Gasteiger partial charge is 0.417 e. The van der Waals surface area contributed by atoms with Gasteiger partial charge in [-0.2, -0.15) is 18.4 Å². The molecule has 2 rings (SSSR count). The molecule has 0 aliphatic heterocycles. The van der Waals surface area contributed by atoms with Crippen molar-refractivity contribution in [1.29, 1.82) is 5.26 Å². The van der Waals surface area contributed by atoms with Crippen LogP contribution in [0.5, 0.6) is 5.75 Å². The first-order chi connectivity index (χ1) is 15.5. The van der Waals surface area contributed by atoms with Gasteiger partial charge in [0.25, 0.3) is 5.91 Å². The average Bonchev–Trinajstić information content (AvgIpc) is 2.77. The number of amides is 1. The Morgan fingerprint density at radius 3 is 2.27 bits per heavy atom. The minimum Gasteiger partial charge on any atom is -0.490 e. The number of alkyl halides is 5. The predicted octanol–water partition coefficient (Wildman–Crippen LogP) is 4.63. The van der Waals surface area contributed by atoms with Crippen molar-refractivity contribution in [2.75, 3.05) is 41.7 Å². The number of hydrogen-bond donors (Lipinski definition) is 2. The number of benzene rings is 2. The number of anilines is 2. The molecule has 0 aliphatic rings. The monoisotopic (exact) mass is 503 g/mol. The van der Waals surface area contributed by atoms with Gasteiger partial charge in [0, 0.05) is 36.2 Å². The van der Waals surface area contributed by atoms with Crippen molar-refractivity contribution < 1.29 is 27.8 Å². The SMILES string of the molecule is C[C@](O)(COc1ccc(N(CCCl)CCCl)cc1)C(=O)Nc1ccc(C#N)c(C(F)(F)F)c1. The summed E-state index contributed by atoms with van der Waals surface area (Å²) in [6.45, 7) is 1.94. The zero-order valence-corrected chi connectivity index (χ0v) is 19.1. The van der Waals surface area contributed by atoms with Gasteiger partial charge in [0.1, 0.15) is 12.4 Å². The Labute approximate surface area is 199 Å². The first kappa shape index (κ1) is 26.6. The minimum absolute atomic E-state index is 0.213. The maximum absolute atomic E-state index is 13.1. The first-order valence-corrected chi connectivity index (χ1v) is 10.8. The van der Waals surface area contributed by atoms with Crippen LogP contribution in [-0.4, -0.2) is 48.1 Å². The number of aliphatic hydroxyl groups is 1. The molecule has 2 N–H and O–H groups in total. The van der Waals surface area contributed by atoms with E-state index in [2.05, 4.69) is 5.32 Å². The molecule has 1 atom stereocenters. The highest BCUT2D eigenvalue weighted by Crippen LogP contribution is 2.33. The molecule has 0 fully saturated rings. The number of nitrogens with zero attached hydrogens (tertiary/aromatic N) is 2. The van der Waals surface area contributed by atoms with Gasteiger partial charge in [-0.1, -0.05) is 0 Å². The van der Waals surface area contributed by atoms with Crippen molar-refractivity contribution in [3.63, 3.8) is 0 Å². The molecule has 1 amide bonds. The Morgan fingerprint density at radius 1 is 1.15 bits per heavy atom. The van der Waals surface area contributed by atoms with Gasteiger partial charge < -0.3 is 20.1 Å². The van der Waals surface area contributed by atoms with E-state index in [0.29, 0.717) is 36.7 Å².